The van der Waals surface area contributed by atoms with Crippen molar-refractivity contribution in [3.8, 4) is 0 Å². The molecule has 0 aliphatic rings. The minimum atomic E-state index is -0.900. The zero-order valence-corrected chi connectivity index (χ0v) is 13.1. The van der Waals surface area contributed by atoms with Gasteiger partial charge in [0.2, 0.25) is 5.91 Å². The summed E-state index contributed by atoms with van der Waals surface area (Å²) >= 11 is 0. The van der Waals surface area contributed by atoms with E-state index in [1.54, 1.807) is 13.8 Å². The number of rotatable bonds is 6. The van der Waals surface area contributed by atoms with E-state index in [1.807, 2.05) is 37.3 Å². The van der Waals surface area contributed by atoms with E-state index in [0.29, 0.717) is 5.76 Å². The van der Waals surface area contributed by atoms with Crippen LogP contribution in [0.5, 0.6) is 0 Å². The molecule has 0 unspecified atom stereocenters. The molecule has 5 nitrogen and oxygen atoms in total. The zero-order chi connectivity index (χ0) is 16.3. The first-order valence-electron chi connectivity index (χ1n) is 7.26. The molecule has 2 N–H and O–H groups in total. The smallest absolute Gasteiger partial charge is 0.303 e. The summed E-state index contributed by atoms with van der Waals surface area (Å²) < 4.78 is 5.72. The Bertz CT molecular complexity index is 654. The highest BCUT2D eigenvalue weighted by Crippen LogP contribution is 2.27. The van der Waals surface area contributed by atoms with Crippen LogP contribution in [0.2, 0.25) is 0 Å². The van der Waals surface area contributed by atoms with Gasteiger partial charge in [-0.15, -0.1) is 0 Å². The van der Waals surface area contributed by atoms with E-state index in [0.717, 1.165) is 11.0 Å². The monoisotopic (exact) mass is 303 g/mol. The summed E-state index contributed by atoms with van der Waals surface area (Å²) in [5.41, 5.74) is 0.202. The number of hydrogen-bond donors (Lipinski definition) is 2. The maximum absolute atomic E-state index is 12.1. The van der Waals surface area contributed by atoms with Gasteiger partial charge in [-0.05, 0) is 24.5 Å². The number of amides is 1. The van der Waals surface area contributed by atoms with E-state index < -0.39 is 11.4 Å². The first kappa shape index (κ1) is 16.1. The van der Waals surface area contributed by atoms with Gasteiger partial charge in [-0.2, -0.15) is 0 Å². The number of para-hydroxylation sites is 1. The predicted octanol–water partition coefficient (Wildman–Crippen LogP) is 3.50. The molecular formula is C17H21NO4. The summed E-state index contributed by atoms with van der Waals surface area (Å²) in [4.78, 5) is 22.9. The van der Waals surface area contributed by atoms with Gasteiger partial charge >= 0.3 is 5.97 Å². The number of aliphatic carboxylic acids is 1. The molecule has 0 bridgehead atoms. The molecule has 1 atom stereocenters. The second-order valence-corrected chi connectivity index (χ2v) is 6.39. The van der Waals surface area contributed by atoms with Crippen molar-refractivity contribution in [2.45, 2.75) is 39.7 Å². The molecule has 2 aromatic rings. The first-order chi connectivity index (χ1) is 10.3. The third kappa shape index (κ3) is 4.10. The molecule has 118 valence electrons. The second kappa shape index (κ2) is 6.22. The molecule has 22 heavy (non-hydrogen) atoms. The lowest BCUT2D eigenvalue weighted by Gasteiger charge is -2.22. The fourth-order valence-corrected chi connectivity index (χ4v) is 2.49. The van der Waals surface area contributed by atoms with Crippen LogP contribution in [0.15, 0.2) is 34.7 Å². The van der Waals surface area contributed by atoms with Crippen molar-refractivity contribution in [1.82, 2.24) is 5.32 Å². The SMILES string of the molecule is C[C@H](NC(=O)CC(C)(C)CC(=O)O)c1cc2ccccc2o1. The predicted molar refractivity (Wildman–Crippen MR) is 83.4 cm³/mol. The minimum absolute atomic E-state index is 0.0422. The van der Waals surface area contributed by atoms with E-state index in [9.17, 15) is 9.59 Å². The maximum atomic E-state index is 12.1. The molecule has 0 saturated carbocycles. The lowest BCUT2D eigenvalue weighted by atomic mass is 9.85. The average molecular weight is 303 g/mol. The molecular weight excluding hydrogens is 282 g/mol. The van der Waals surface area contributed by atoms with Crippen LogP contribution in [-0.2, 0) is 9.59 Å². The Labute approximate surface area is 129 Å². The lowest BCUT2D eigenvalue weighted by molar-refractivity contribution is -0.139. The number of carbonyl (C=O) groups excluding carboxylic acids is 1. The highest BCUT2D eigenvalue weighted by atomic mass is 16.4. The molecule has 2 rings (SSSR count). The standard InChI is InChI=1S/C17H21NO4/c1-11(14-8-12-6-4-5-7-13(12)22-14)18-15(19)9-17(2,3)10-16(20)21/h4-8,11H,9-10H2,1-3H3,(H,18,19)(H,20,21)/t11-/m0/s1. The average Bonchev–Trinajstić information content (AvgIpc) is 2.79. The van der Waals surface area contributed by atoms with Crippen molar-refractivity contribution in [3.63, 3.8) is 0 Å². The van der Waals surface area contributed by atoms with Gasteiger partial charge in [0.1, 0.15) is 11.3 Å². The van der Waals surface area contributed by atoms with Crippen molar-refractivity contribution in [1.29, 1.82) is 0 Å². The van der Waals surface area contributed by atoms with E-state index in [4.69, 9.17) is 9.52 Å². The fourth-order valence-electron chi connectivity index (χ4n) is 2.49. The van der Waals surface area contributed by atoms with Crippen LogP contribution < -0.4 is 5.32 Å². The zero-order valence-electron chi connectivity index (χ0n) is 13.1. The molecule has 1 aromatic carbocycles. The van der Waals surface area contributed by atoms with Gasteiger partial charge in [-0.3, -0.25) is 9.59 Å². The summed E-state index contributed by atoms with van der Waals surface area (Å²) in [6.45, 7) is 5.39. The van der Waals surface area contributed by atoms with E-state index >= 15 is 0 Å². The van der Waals surface area contributed by atoms with Gasteiger partial charge in [0.25, 0.3) is 0 Å². The second-order valence-electron chi connectivity index (χ2n) is 6.39. The number of fused-ring (bicyclic) bond motifs is 1. The number of nitrogens with one attached hydrogen (secondary N) is 1. The van der Waals surface area contributed by atoms with E-state index in [-0.39, 0.29) is 24.8 Å². The number of hydrogen-bond acceptors (Lipinski definition) is 3. The lowest BCUT2D eigenvalue weighted by Crippen LogP contribution is -2.31. The fraction of sp³-hybridized carbons (Fsp3) is 0.412. The summed E-state index contributed by atoms with van der Waals surface area (Å²) in [6.07, 6.45) is 0.114. The Morgan fingerprint density at radius 3 is 2.59 bits per heavy atom. The van der Waals surface area contributed by atoms with Crippen molar-refractivity contribution in [3.05, 3.63) is 36.1 Å². The van der Waals surface area contributed by atoms with Gasteiger partial charge in [0, 0.05) is 11.8 Å². The van der Waals surface area contributed by atoms with Crippen molar-refractivity contribution < 1.29 is 19.1 Å². The summed E-state index contributed by atoms with van der Waals surface area (Å²) in [6, 6.07) is 9.30. The number of carbonyl (C=O) groups is 2. The summed E-state index contributed by atoms with van der Waals surface area (Å²) in [5.74, 6) is -0.395. The van der Waals surface area contributed by atoms with Crippen LogP contribution in [0.4, 0.5) is 0 Å². The Morgan fingerprint density at radius 1 is 1.27 bits per heavy atom. The van der Waals surface area contributed by atoms with Crippen molar-refractivity contribution in [2.75, 3.05) is 0 Å². The van der Waals surface area contributed by atoms with Gasteiger partial charge in [0.15, 0.2) is 0 Å². The third-order valence-corrected chi connectivity index (χ3v) is 3.52. The number of carboxylic acids is 1. The molecule has 0 saturated heterocycles. The normalized spacial score (nSPS) is 13.0. The molecule has 0 spiro atoms. The van der Waals surface area contributed by atoms with Crippen LogP contribution in [0.1, 0.15) is 45.4 Å². The summed E-state index contributed by atoms with van der Waals surface area (Å²) in [7, 11) is 0. The van der Waals surface area contributed by atoms with E-state index in [1.165, 1.54) is 0 Å². The topological polar surface area (TPSA) is 79.5 Å². The summed E-state index contributed by atoms with van der Waals surface area (Å²) in [5, 5.41) is 12.7. The van der Waals surface area contributed by atoms with Gasteiger partial charge in [0.05, 0.1) is 12.5 Å². The Morgan fingerprint density at radius 2 is 1.95 bits per heavy atom. The van der Waals surface area contributed by atoms with Crippen LogP contribution in [-0.4, -0.2) is 17.0 Å². The molecule has 1 heterocycles. The molecule has 0 aliphatic heterocycles. The highest BCUT2D eigenvalue weighted by molar-refractivity contribution is 5.80. The van der Waals surface area contributed by atoms with E-state index in [2.05, 4.69) is 5.32 Å². The van der Waals surface area contributed by atoms with Crippen LogP contribution >= 0.6 is 0 Å². The number of furan rings is 1. The first-order valence-corrected chi connectivity index (χ1v) is 7.26. The van der Waals surface area contributed by atoms with Crippen molar-refractivity contribution in [2.24, 2.45) is 5.41 Å². The van der Waals surface area contributed by atoms with Crippen LogP contribution in [0.25, 0.3) is 11.0 Å². The molecule has 0 fully saturated rings. The Balaban J connectivity index is 2.00. The molecule has 0 aliphatic carbocycles. The van der Waals surface area contributed by atoms with Gasteiger partial charge in [-0.1, -0.05) is 32.0 Å². The third-order valence-electron chi connectivity index (χ3n) is 3.52. The maximum Gasteiger partial charge on any atom is 0.303 e. The molecule has 1 aromatic heterocycles. The van der Waals surface area contributed by atoms with Crippen molar-refractivity contribution >= 4 is 22.8 Å². The molecule has 0 radical (unpaired) electrons. The van der Waals surface area contributed by atoms with Crippen LogP contribution in [0.3, 0.4) is 0 Å². The molecule has 1 amide bonds. The van der Waals surface area contributed by atoms with Gasteiger partial charge in [-0.25, -0.2) is 0 Å². The highest BCUT2D eigenvalue weighted by Gasteiger charge is 2.26. The Hall–Kier alpha value is -2.30. The number of carboxylic acid groups (broad SMARTS) is 1. The Kier molecular flexibility index (Phi) is 4.54. The van der Waals surface area contributed by atoms with Gasteiger partial charge < -0.3 is 14.8 Å². The van der Waals surface area contributed by atoms with Crippen LogP contribution in [0, 0.1) is 5.41 Å². The number of benzene rings is 1. The molecule has 5 heteroatoms. The largest absolute Gasteiger partial charge is 0.481 e. The minimum Gasteiger partial charge on any atom is -0.481 e. The quantitative estimate of drug-likeness (QED) is 0.856.